The molecule has 1 fully saturated rings. The van der Waals surface area contributed by atoms with Crippen LogP contribution in [0.5, 0.6) is 11.5 Å². The molecule has 164 valence electrons. The van der Waals surface area contributed by atoms with Gasteiger partial charge in [0.1, 0.15) is 6.61 Å². The largest absolute Gasteiger partial charge is 0.484 e. The van der Waals surface area contributed by atoms with Crippen molar-refractivity contribution in [3.63, 3.8) is 0 Å². The van der Waals surface area contributed by atoms with Gasteiger partial charge >= 0.3 is 10.2 Å². The molecule has 0 spiro atoms. The lowest BCUT2D eigenvalue weighted by molar-refractivity contribution is 0.00602. The third-order valence-corrected chi connectivity index (χ3v) is 6.31. The van der Waals surface area contributed by atoms with Gasteiger partial charge in [-0.3, -0.25) is 9.80 Å². The summed E-state index contributed by atoms with van der Waals surface area (Å²) in [5, 5.41) is 0. The van der Waals surface area contributed by atoms with Crippen molar-refractivity contribution in [3.8, 4) is 11.5 Å². The molecule has 0 bridgehead atoms. The number of nitrogens with two attached hydrogens (primary N) is 1. The molecule has 10 nitrogen and oxygen atoms in total. The zero-order valence-electron chi connectivity index (χ0n) is 17.3. The molecule has 3 heterocycles. The number of piperidine rings is 1. The fourth-order valence-corrected chi connectivity index (χ4v) is 4.75. The van der Waals surface area contributed by atoms with E-state index in [2.05, 4.69) is 19.8 Å². The highest BCUT2D eigenvalue weighted by molar-refractivity contribution is 7.89. The van der Waals surface area contributed by atoms with Crippen LogP contribution in [-0.2, 0) is 16.8 Å². The molecule has 30 heavy (non-hydrogen) atoms. The smallest absolute Gasteiger partial charge is 0.369 e. The van der Waals surface area contributed by atoms with Gasteiger partial charge in [-0.15, -0.1) is 8.80 Å². The second kappa shape index (κ2) is 8.31. The van der Waals surface area contributed by atoms with Crippen LogP contribution in [-0.4, -0.2) is 74.6 Å². The van der Waals surface area contributed by atoms with Crippen LogP contribution < -0.4 is 15.2 Å². The van der Waals surface area contributed by atoms with Gasteiger partial charge in [0.15, 0.2) is 11.5 Å². The molecule has 0 radical (unpaired) electrons. The summed E-state index contributed by atoms with van der Waals surface area (Å²) in [4.78, 5) is 5.58. The fraction of sp³-hybridized carbons (Fsp3) is 0.579. The maximum Gasteiger partial charge on any atom is 0.369 e. The summed E-state index contributed by atoms with van der Waals surface area (Å²) in [6.07, 6.45) is 3.23. The minimum atomic E-state index is -4.03. The van der Waals surface area contributed by atoms with Gasteiger partial charge < -0.3 is 20.1 Å². The number of rotatable bonds is 4. The summed E-state index contributed by atoms with van der Waals surface area (Å²) >= 11 is 0. The van der Waals surface area contributed by atoms with E-state index < -0.39 is 16.4 Å². The fourth-order valence-electron chi connectivity index (χ4n) is 3.92. The van der Waals surface area contributed by atoms with E-state index >= 15 is 0 Å². The van der Waals surface area contributed by atoms with E-state index in [4.69, 9.17) is 15.2 Å². The molecule has 3 aliphatic rings. The van der Waals surface area contributed by atoms with Crippen molar-refractivity contribution in [2.45, 2.75) is 39.0 Å². The number of likely N-dealkylation sites (N-methyl/N-ethyl adjacent to an activating group) is 1. The summed E-state index contributed by atoms with van der Waals surface area (Å²) in [5.41, 5.74) is 6.93. The van der Waals surface area contributed by atoms with Gasteiger partial charge in [-0.05, 0) is 50.6 Å². The first-order valence-corrected chi connectivity index (χ1v) is 11.6. The maximum atomic E-state index is 12.0. The van der Waals surface area contributed by atoms with Crippen LogP contribution in [0.3, 0.4) is 0 Å². The Kier molecular flexibility index (Phi) is 5.74. The lowest BCUT2D eigenvalue weighted by atomic mass is 10.1. The second-order valence-corrected chi connectivity index (χ2v) is 8.90. The van der Waals surface area contributed by atoms with Crippen molar-refractivity contribution in [2.24, 2.45) is 14.5 Å². The van der Waals surface area contributed by atoms with E-state index in [1.807, 2.05) is 19.1 Å². The topological polar surface area (TPSA) is 113 Å². The predicted octanol–water partition coefficient (Wildman–Crippen LogP) is 0.953. The SMILES string of the molecule is CCN(C1=NS(=O)(=O)N=C(N)N1C)C1COc2ccc(CN3CCCCC3)cc2O1. The molecule has 4 rings (SSSR count). The van der Waals surface area contributed by atoms with Gasteiger partial charge in [-0.1, -0.05) is 12.5 Å². The zero-order valence-corrected chi connectivity index (χ0v) is 18.1. The Balaban J connectivity index is 1.53. The highest BCUT2D eigenvalue weighted by Crippen LogP contribution is 2.34. The maximum absolute atomic E-state index is 12.0. The first kappa shape index (κ1) is 20.7. The van der Waals surface area contributed by atoms with E-state index in [1.54, 1.807) is 11.9 Å². The Morgan fingerprint density at radius 2 is 1.97 bits per heavy atom. The molecular weight excluding hydrogens is 408 g/mol. The van der Waals surface area contributed by atoms with Gasteiger partial charge in [-0.2, -0.15) is 8.42 Å². The molecule has 1 saturated heterocycles. The highest BCUT2D eigenvalue weighted by Gasteiger charge is 2.34. The summed E-state index contributed by atoms with van der Waals surface area (Å²) in [5.74, 6) is 1.34. The third-order valence-electron chi connectivity index (χ3n) is 5.50. The lowest BCUT2D eigenvalue weighted by Gasteiger charge is -2.39. The number of hydrogen-bond donors (Lipinski definition) is 1. The summed E-state index contributed by atoms with van der Waals surface area (Å²) in [7, 11) is -2.41. The molecule has 0 aliphatic carbocycles. The average molecular weight is 437 g/mol. The van der Waals surface area contributed by atoms with Crippen LogP contribution in [0.4, 0.5) is 0 Å². The van der Waals surface area contributed by atoms with E-state index in [0.29, 0.717) is 18.0 Å². The Morgan fingerprint density at radius 1 is 1.20 bits per heavy atom. The quantitative estimate of drug-likeness (QED) is 0.742. The summed E-state index contributed by atoms with van der Waals surface area (Å²) < 4.78 is 43.2. The zero-order chi connectivity index (χ0) is 21.3. The van der Waals surface area contributed by atoms with Gasteiger partial charge in [0.05, 0.1) is 0 Å². The Bertz CT molecular complexity index is 958. The predicted molar refractivity (Wildman–Crippen MR) is 114 cm³/mol. The Hall–Kier alpha value is -2.53. The first-order valence-electron chi connectivity index (χ1n) is 10.2. The number of ether oxygens (including phenoxy) is 2. The van der Waals surface area contributed by atoms with E-state index in [-0.39, 0.29) is 18.5 Å². The van der Waals surface area contributed by atoms with Crippen LogP contribution in [0, 0.1) is 0 Å². The molecule has 3 aliphatic heterocycles. The van der Waals surface area contributed by atoms with Crippen LogP contribution in [0.1, 0.15) is 31.7 Å². The van der Waals surface area contributed by atoms with Gasteiger partial charge in [-0.25, -0.2) is 0 Å². The third kappa shape index (κ3) is 4.31. The summed E-state index contributed by atoms with van der Waals surface area (Å²) in [6, 6.07) is 6.00. The van der Waals surface area contributed by atoms with Crippen molar-refractivity contribution in [2.75, 3.05) is 33.3 Å². The molecule has 0 saturated carbocycles. The van der Waals surface area contributed by atoms with Crippen LogP contribution in [0.2, 0.25) is 0 Å². The average Bonchev–Trinajstić information content (AvgIpc) is 2.72. The van der Waals surface area contributed by atoms with Crippen LogP contribution >= 0.6 is 0 Å². The monoisotopic (exact) mass is 436 g/mol. The van der Waals surface area contributed by atoms with Crippen molar-refractivity contribution in [1.82, 2.24) is 14.7 Å². The Morgan fingerprint density at radius 3 is 2.70 bits per heavy atom. The van der Waals surface area contributed by atoms with Crippen molar-refractivity contribution < 1.29 is 17.9 Å². The number of hydrogen-bond acceptors (Lipinski definition) is 8. The number of fused-ring (bicyclic) bond motifs is 1. The Labute approximate surface area is 177 Å². The summed E-state index contributed by atoms with van der Waals surface area (Å²) in [6.45, 7) is 5.67. The molecule has 11 heteroatoms. The molecule has 0 amide bonds. The molecule has 1 atom stereocenters. The second-order valence-electron chi connectivity index (χ2n) is 7.64. The van der Waals surface area contributed by atoms with Gasteiger partial charge in [0.2, 0.25) is 18.1 Å². The molecule has 2 N–H and O–H groups in total. The number of nitrogens with zero attached hydrogens (tertiary/aromatic N) is 5. The lowest BCUT2D eigenvalue weighted by Crippen LogP contribution is -2.57. The van der Waals surface area contributed by atoms with Crippen molar-refractivity contribution in [1.29, 1.82) is 0 Å². The minimum Gasteiger partial charge on any atom is -0.484 e. The highest BCUT2D eigenvalue weighted by atomic mass is 32.2. The van der Waals surface area contributed by atoms with Crippen molar-refractivity contribution in [3.05, 3.63) is 23.8 Å². The van der Waals surface area contributed by atoms with Gasteiger partial charge in [0, 0.05) is 20.1 Å². The first-order chi connectivity index (χ1) is 14.4. The number of guanidine groups is 2. The molecule has 1 aromatic carbocycles. The van der Waals surface area contributed by atoms with Crippen LogP contribution in [0.15, 0.2) is 27.0 Å². The van der Waals surface area contributed by atoms with E-state index in [9.17, 15) is 8.42 Å². The van der Waals surface area contributed by atoms with Crippen molar-refractivity contribution >= 4 is 22.1 Å². The van der Waals surface area contributed by atoms with E-state index in [1.165, 1.54) is 24.2 Å². The molecule has 1 unspecified atom stereocenters. The van der Waals surface area contributed by atoms with E-state index in [0.717, 1.165) is 25.2 Å². The number of benzene rings is 1. The van der Waals surface area contributed by atoms with Crippen LogP contribution in [0.25, 0.3) is 0 Å². The molecular formula is C19H28N6O4S. The standard InChI is InChI=1S/C19H28N6O4S/c1-3-25(19-22-30(26,27)21-18(20)23(19)2)17-13-28-15-8-7-14(11-16(15)29-17)12-24-9-5-4-6-10-24/h7-8,11,17H,3-6,9-10,12-13H2,1-2H3,(H2,20,21). The van der Waals surface area contributed by atoms with Gasteiger partial charge in [0.25, 0.3) is 0 Å². The minimum absolute atomic E-state index is 0.139. The molecule has 1 aromatic rings. The number of likely N-dealkylation sites (tertiary alicyclic amines) is 1. The normalized spacial score (nSPS) is 23.5. The molecule has 0 aromatic heterocycles.